The van der Waals surface area contributed by atoms with Crippen molar-refractivity contribution >= 4 is 39.2 Å². The summed E-state index contributed by atoms with van der Waals surface area (Å²) in [4.78, 5) is 4.62. The molecule has 1 heterocycles. The molecule has 132 valence electrons. The van der Waals surface area contributed by atoms with Crippen LogP contribution in [0.2, 0.25) is 0 Å². The number of anilines is 2. The molecule has 0 saturated carbocycles. The third kappa shape index (κ3) is 4.36. The number of aliphatic imine (C=N–C) groups is 1. The summed E-state index contributed by atoms with van der Waals surface area (Å²) >= 11 is 3.53. The summed E-state index contributed by atoms with van der Waals surface area (Å²) in [5, 5.41) is 3.38. The molecule has 0 aliphatic rings. The van der Waals surface area contributed by atoms with Crippen molar-refractivity contribution < 1.29 is 0 Å². The summed E-state index contributed by atoms with van der Waals surface area (Å²) in [5.74, 6) is 0. The number of nitrogens with zero attached hydrogens (tertiary/aromatic N) is 2. The molecule has 0 radical (unpaired) electrons. The van der Waals surface area contributed by atoms with Gasteiger partial charge in [0, 0.05) is 27.7 Å². The molecule has 0 bridgehead atoms. The lowest BCUT2D eigenvalue weighted by Gasteiger charge is -2.07. The summed E-state index contributed by atoms with van der Waals surface area (Å²) in [5.41, 5.74) is 5.15. The summed E-state index contributed by atoms with van der Waals surface area (Å²) in [7, 11) is 0. The fraction of sp³-hybridized carbons (Fsp3) is 0. The SMILES string of the molecule is Brc1cccc(-n2cccc2C=Nc2ccc(Nc3ccccc3)cc2)c1. The van der Waals surface area contributed by atoms with E-state index < -0.39 is 0 Å². The van der Waals surface area contributed by atoms with E-state index in [2.05, 4.69) is 49.0 Å². The second-order valence-electron chi connectivity index (χ2n) is 6.08. The van der Waals surface area contributed by atoms with E-state index in [4.69, 9.17) is 0 Å². The molecule has 0 aliphatic heterocycles. The van der Waals surface area contributed by atoms with E-state index in [0.717, 1.165) is 32.9 Å². The molecule has 1 aromatic heterocycles. The molecule has 4 heteroatoms. The van der Waals surface area contributed by atoms with E-state index in [1.54, 1.807) is 0 Å². The van der Waals surface area contributed by atoms with Crippen molar-refractivity contribution in [1.29, 1.82) is 0 Å². The van der Waals surface area contributed by atoms with E-state index in [0.29, 0.717) is 0 Å². The van der Waals surface area contributed by atoms with Crippen molar-refractivity contribution in [3.05, 3.63) is 107 Å². The largest absolute Gasteiger partial charge is 0.356 e. The maximum atomic E-state index is 4.62. The molecule has 1 N–H and O–H groups in total. The second-order valence-corrected chi connectivity index (χ2v) is 6.99. The van der Waals surface area contributed by atoms with Gasteiger partial charge in [0.1, 0.15) is 0 Å². The molecule has 0 saturated heterocycles. The van der Waals surface area contributed by atoms with Gasteiger partial charge >= 0.3 is 0 Å². The van der Waals surface area contributed by atoms with E-state index >= 15 is 0 Å². The molecule has 0 fully saturated rings. The highest BCUT2D eigenvalue weighted by Gasteiger charge is 2.02. The molecule has 3 aromatic carbocycles. The highest BCUT2D eigenvalue weighted by molar-refractivity contribution is 9.10. The van der Waals surface area contributed by atoms with E-state index in [1.807, 2.05) is 85.2 Å². The minimum atomic E-state index is 0.913. The number of nitrogens with one attached hydrogen (secondary N) is 1. The first-order valence-corrected chi connectivity index (χ1v) is 9.47. The molecule has 27 heavy (non-hydrogen) atoms. The smallest absolute Gasteiger partial charge is 0.0639 e. The Labute approximate surface area is 167 Å². The average molecular weight is 416 g/mol. The molecule has 0 atom stereocenters. The maximum absolute atomic E-state index is 4.62. The van der Waals surface area contributed by atoms with Crippen molar-refractivity contribution in [2.24, 2.45) is 4.99 Å². The standard InChI is InChI=1S/C23H18BrN3/c24-18-6-4-9-22(16-18)27-15-5-10-23(27)17-25-19-11-13-21(14-12-19)26-20-7-2-1-3-8-20/h1-17,26H. The highest BCUT2D eigenvalue weighted by Crippen LogP contribution is 2.21. The van der Waals surface area contributed by atoms with Gasteiger partial charge in [-0.2, -0.15) is 0 Å². The monoisotopic (exact) mass is 415 g/mol. The molecule has 0 spiro atoms. The first-order chi connectivity index (χ1) is 13.3. The van der Waals surface area contributed by atoms with Crippen molar-refractivity contribution in [2.75, 3.05) is 5.32 Å². The zero-order valence-corrected chi connectivity index (χ0v) is 16.2. The molecule has 0 unspecified atom stereocenters. The molecule has 4 aromatic rings. The lowest BCUT2D eigenvalue weighted by Crippen LogP contribution is -1.97. The Balaban J connectivity index is 1.50. The molecular weight excluding hydrogens is 398 g/mol. The van der Waals surface area contributed by atoms with Crippen LogP contribution in [-0.4, -0.2) is 10.8 Å². The first-order valence-electron chi connectivity index (χ1n) is 8.67. The van der Waals surface area contributed by atoms with Crippen LogP contribution in [0.1, 0.15) is 5.69 Å². The number of halogens is 1. The van der Waals surface area contributed by atoms with Crippen LogP contribution < -0.4 is 5.32 Å². The van der Waals surface area contributed by atoms with Crippen LogP contribution in [0.4, 0.5) is 17.1 Å². The predicted octanol–water partition coefficient (Wildman–Crippen LogP) is 6.73. The Morgan fingerprint density at radius 2 is 1.56 bits per heavy atom. The number of benzene rings is 3. The zero-order valence-electron chi connectivity index (χ0n) is 14.6. The average Bonchev–Trinajstić information content (AvgIpc) is 3.17. The van der Waals surface area contributed by atoms with Gasteiger partial charge < -0.3 is 9.88 Å². The zero-order chi connectivity index (χ0) is 18.5. The van der Waals surface area contributed by atoms with E-state index in [1.165, 1.54) is 0 Å². The maximum Gasteiger partial charge on any atom is 0.0639 e. The van der Waals surface area contributed by atoms with Crippen molar-refractivity contribution in [2.45, 2.75) is 0 Å². The minimum absolute atomic E-state index is 0.913. The van der Waals surface area contributed by atoms with Crippen LogP contribution in [0.3, 0.4) is 0 Å². The third-order valence-electron chi connectivity index (χ3n) is 4.14. The number of hydrogen-bond donors (Lipinski definition) is 1. The van der Waals surface area contributed by atoms with Gasteiger partial charge in [0.25, 0.3) is 0 Å². The van der Waals surface area contributed by atoms with Gasteiger partial charge in [-0.05, 0) is 66.7 Å². The van der Waals surface area contributed by atoms with Gasteiger partial charge in [0.05, 0.1) is 17.6 Å². The third-order valence-corrected chi connectivity index (χ3v) is 4.64. The normalized spacial score (nSPS) is 11.0. The summed E-state index contributed by atoms with van der Waals surface area (Å²) in [6.45, 7) is 0. The van der Waals surface area contributed by atoms with Crippen LogP contribution >= 0.6 is 15.9 Å². The van der Waals surface area contributed by atoms with E-state index in [9.17, 15) is 0 Å². The van der Waals surface area contributed by atoms with Crippen LogP contribution in [0.25, 0.3) is 5.69 Å². The van der Waals surface area contributed by atoms with Gasteiger partial charge in [0.2, 0.25) is 0 Å². The van der Waals surface area contributed by atoms with Crippen molar-refractivity contribution in [3.63, 3.8) is 0 Å². The Morgan fingerprint density at radius 1 is 0.778 bits per heavy atom. The molecule has 4 rings (SSSR count). The van der Waals surface area contributed by atoms with Crippen LogP contribution in [-0.2, 0) is 0 Å². The molecule has 0 aliphatic carbocycles. The Hall–Kier alpha value is -3.11. The Morgan fingerprint density at radius 3 is 2.33 bits per heavy atom. The van der Waals surface area contributed by atoms with Gasteiger partial charge in [-0.1, -0.05) is 40.2 Å². The lowest BCUT2D eigenvalue weighted by atomic mass is 10.2. The van der Waals surface area contributed by atoms with Gasteiger partial charge in [0.15, 0.2) is 0 Å². The van der Waals surface area contributed by atoms with Gasteiger partial charge in [-0.3, -0.25) is 4.99 Å². The van der Waals surface area contributed by atoms with Gasteiger partial charge in [-0.25, -0.2) is 0 Å². The summed E-state index contributed by atoms with van der Waals surface area (Å²) in [6, 6.07) is 30.5. The second kappa shape index (κ2) is 8.06. The fourth-order valence-electron chi connectivity index (χ4n) is 2.82. The number of aromatic nitrogens is 1. The van der Waals surface area contributed by atoms with E-state index in [-0.39, 0.29) is 0 Å². The van der Waals surface area contributed by atoms with Crippen LogP contribution in [0, 0.1) is 0 Å². The predicted molar refractivity (Wildman–Crippen MR) is 117 cm³/mol. The fourth-order valence-corrected chi connectivity index (χ4v) is 3.21. The number of rotatable bonds is 5. The lowest BCUT2D eigenvalue weighted by molar-refractivity contribution is 1.07. The van der Waals surface area contributed by atoms with Gasteiger partial charge in [-0.15, -0.1) is 0 Å². The van der Waals surface area contributed by atoms with Crippen LogP contribution in [0.5, 0.6) is 0 Å². The summed E-state index contributed by atoms with van der Waals surface area (Å²) < 4.78 is 3.16. The molecular formula is C23H18BrN3. The quantitative estimate of drug-likeness (QED) is 0.359. The number of hydrogen-bond acceptors (Lipinski definition) is 2. The van der Waals surface area contributed by atoms with Crippen molar-refractivity contribution in [3.8, 4) is 5.69 Å². The van der Waals surface area contributed by atoms with Crippen molar-refractivity contribution in [1.82, 2.24) is 4.57 Å². The minimum Gasteiger partial charge on any atom is -0.356 e. The Bertz CT molecular complexity index is 1050. The highest BCUT2D eigenvalue weighted by atomic mass is 79.9. The van der Waals surface area contributed by atoms with Crippen LogP contribution in [0.15, 0.2) is 107 Å². The topological polar surface area (TPSA) is 29.3 Å². The summed E-state index contributed by atoms with van der Waals surface area (Å²) in [6.07, 6.45) is 3.93. The molecule has 3 nitrogen and oxygen atoms in total. The first kappa shape index (κ1) is 17.3. The molecule has 0 amide bonds. The Kier molecular flexibility index (Phi) is 5.17. The number of para-hydroxylation sites is 1.